The number of aromatic nitrogens is 1. The molecule has 3 rings (SSSR count). The van der Waals surface area contributed by atoms with Crippen molar-refractivity contribution < 1.29 is 4.79 Å². The summed E-state index contributed by atoms with van der Waals surface area (Å²) in [7, 11) is 0. The van der Waals surface area contributed by atoms with Crippen molar-refractivity contribution in [3.8, 4) is 10.4 Å². The zero-order valence-corrected chi connectivity index (χ0v) is 11.9. The van der Waals surface area contributed by atoms with Gasteiger partial charge in [0.1, 0.15) is 0 Å². The van der Waals surface area contributed by atoms with Crippen molar-refractivity contribution >= 4 is 38.3 Å². The van der Waals surface area contributed by atoms with Crippen molar-refractivity contribution in [3.05, 3.63) is 36.5 Å². The second-order valence-corrected chi connectivity index (χ2v) is 6.48. The minimum atomic E-state index is 0.144. The van der Waals surface area contributed by atoms with Crippen molar-refractivity contribution in [2.45, 2.75) is 11.2 Å². The second kappa shape index (κ2) is 4.82. The Kier molecular flexibility index (Phi) is 3.18. The molecule has 1 atom stereocenters. The highest BCUT2D eigenvalue weighted by molar-refractivity contribution is 9.09. The Morgan fingerprint density at radius 1 is 1.33 bits per heavy atom. The van der Waals surface area contributed by atoms with Crippen molar-refractivity contribution in [2.24, 2.45) is 0 Å². The van der Waals surface area contributed by atoms with Crippen LogP contribution >= 0.6 is 27.3 Å². The minimum absolute atomic E-state index is 0.144. The maximum Gasteiger partial charge on any atom is 0.230 e. The summed E-state index contributed by atoms with van der Waals surface area (Å²) in [5, 5.41) is 0.792. The average molecular weight is 323 g/mol. The molecule has 1 aliphatic heterocycles. The van der Waals surface area contributed by atoms with E-state index in [0.717, 1.165) is 15.6 Å². The fourth-order valence-electron chi connectivity index (χ4n) is 1.97. The van der Waals surface area contributed by atoms with E-state index >= 15 is 0 Å². The van der Waals surface area contributed by atoms with Gasteiger partial charge in [-0.25, -0.2) is 4.98 Å². The molecule has 0 radical (unpaired) electrons. The van der Waals surface area contributed by atoms with Crippen molar-refractivity contribution in [1.29, 1.82) is 0 Å². The largest absolute Gasteiger partial charge is 0.287 e. The topological polar surface area (TPSA) is 33.2 Å². The SMILES string of the molecule is O=C1CC(Br)CN1c1ncc(-c2ccccc2)s1. The molecule has 1 fully saturated rings. The van der Waals surface area contributed by atoms with Gasteiger partial charge in [0, 0.05) is 24.0 Å². The maximum atomic E-state index is 11.8. The number of hydrogen-bond donors (Lipinski definition) is 0. The van der Waals surface area contributed by atoms with E-state index in [2.05, 4.69) is 33.0 Å². The number of carbonyl (C=O) groups is 1. The van der Waals surface area contributed by atoms with E-state index in [1.165, 1.54) is 0 Å². The summed E-state index contributed by atoms with van der Waals surface area (Å²) in [4.78, 5) is 19.3. The van der Waals surface area contributed by atoms with Gasteiger partial charge in [0.2, 0.25) is 5.91 Å². The van der Waals surface area contributed by atoms with Gasteiger partial charge in [0.05, 0.1) is 4.88 Å². The zero-order valence-electron chi connectivity index (χ0n) is 9.54. The Morgan fingerprint density at radius 2 is 2.11 bits per heavy atom. The molecule has 0 spiro atoms. The van der Waals surface area contributed by atoms with Crippen LogP contribution in [0, 0.1) is 0 Å². The molecule has 0 N–H and O–H groups in total. The third kappa shape index (κ3) is 2.20. The van der Waals surface area contributed by atoms with E-state index in [0.29, 0.717) is 13.0 Å². The first-order chi connectivity index (χ1) is 8.74. The van der Waals surface area contributed by atoms with Crippen LogP contribution < -0.4 is 4.90 Å². The third-order valence-electron chi connectivity index (χ3n) is 2.86. The molecule has 0 aliphatic carbocycles. The lowest BCUT2D eigenvalue weighted by atomic mass is 10.2. The Bertz CT molecular complexity index is 569. The van der Waals surface area contributed by atoms with Crippen molar-refractivity contribution in [1.82, 2.24) is 4.98 Å². The highest BCUT2D eigenvalue weighted by atomic mass is 79.9. The number of anilines is 1. The average Bonchev–Trinajstić information content (AvgIpc) is 2.97. The summed E-state index contributed by atoms with van der Waals surface area (Å²) >= 11 is 5.04. The van der Waals surface area contributed by atoms with Crippen LogP contribution in [0.4, 0.5) is 5.13 Å². The Morgan fingerprint density at radius 3 is 2.78 bits per heavy atom. The number of hydrogen-bond acceptors (Lipinski definition) is 3. The predicted octanol–water partition coefficient (Wildman–Crippen LogP) is 3.31. The summed E-state index contributed by atoms with van der Waals surface area (Å²) < 4.78 is 0. The molecule has 2 heterocycles. The van der Waals surface area contributed by atoms with Crippen molar-refractivity contribution in [2.75, 3.05) is 11.4 Å². The number of halogens is 1. The van der Waals surface area contributed by atoms with Crippen LogP contribution in [0.5, 0.6) is 0 Å². The van der Waals surface area contributed by atoms with E-state index in [-0.39, 0.29) is 10.7 Å². The first-order valence-electron chi connectivity index (χ1n) is 5.70. The Balaban J connectivity index is 1.88. The highest BCUT2D eigenvalue weighted by Crippen LogP contribution is 2.33. The normalized spacial score (nSPS) is 19.5. The number of amides is 1. The monoisotopic (exact) mass is 322 g/mol. The molecule has 0 bridgehead atoms. The first-order valence-corrected chi connectivity index (χ1v) is 7.43. The van der Waals surface area contributed by atoms with Gasteiger partial charge < -0.3 is 0 Å². The summed E-state index contributed by atoms with van der Waals surface area (Å²) in [6.45, 7) is 0.709. The van der Waals surface area contributed by atoms with Crippen LogP contribution in [0.1, 0.15) is 6.42 Å². The van der Waals surface area contributed by atoms with E-state index in [1.54, 1.807) is 16.2 Å². The standard InChI is InChI=1S/C13H11BrN2OS/c14-10-6-12(17)16(8-10)13-15-7-11(18-13)9-4-2-1-3-5-9/h1-5,7,10H,6,8H2. The molecular formula is C13H11BrN2OS. The number of nitrogens with zero attached hydrogens (tertiary/aromatic N) is 2. The minimum Gasteiger partial charge on any atom is -0.287 e. The lowest BCUT2D eigenvalue weighted by Crippen LogP contribution is -2.24. The zero-order chi connectivity index (χ0) is 12.5. The van der Waals surface area contributed by atoms with E-state index in [1.807, 2.05) is 24.4 Å². The molecule has 1 aromatic carbocycles. The van der Waals surface area contributed by atoms with Gasteiger partial charge in [-0.1, -0.05) is 57.6 Å². The smallest absolute Gasteiger partial charge is 0.230 e. The lowest BCUT2D eigenvalue weighted by Gasteiger charge is -2.10. The van der Waals surface area contributed by atoms with Gasteiger partial charge >= 0.3 is 0 Å². The second-order valence-electron chi connectivity index (χ2n) is 4.18. The summed E-state index contributed by atoms with van der Waals surface area (Å²) in [6, 6.07) is 10.1. The van der Waals surface area contributed by atoms with Gasteiger partial charge in [-0.15, -0.1) is 0 Å². The Labute approximate surface area is 118 Å². The molecule has 1 amide bonds. The number of rotatable bonds is 2. The molecular weight excluding hydrogens is 312 g/mol. The molecule has 1 saturated heterocycles. The Hall–Kier alpha value is -1.20. The first kappa shape index (κ1) is 11.9. The molecule has 0 saturated carbocycles. The van der Waals surface area contributed by atoms with Gasteiger partial charge in [-0.05, 0) is 5.56 Å². The number of benzene rings is 1. The number of alkyl halides is 1. The molecule has 18 heavy (non-hydrogen) atoms. The van der Waals surface area contributed by atoms with Crippen LogP contribution in [0.2, 0.25) is 0 Å². The van der Waals surface area contributed by atoms with Gasteiger partial charge in [0.15, 0.2) is 5.13 Å². The molecule has 1 unspecified atom stereocenters. The van der Waals surface area contributed by atoms with E-state index in [9.17, 15) is 4.79 Å². The fourth-order valence-corrected chi connectivity index (χ4v) is 3.49. The predicted molar refractivity (Wildman–Crippen MR) is 77.2 cm³/mol. The van der Waals surface area contributed by atoms with Gasteiger partial charge in [0.25, 0.3) is 0 Å². The molecule has 1 aromatic heterocycles. The fraction of sp³-hybridized carbons (Fsp3) is 0.231. The summed E-state index contributed by atoms with van der Waals surface area (Å²) in [5.74, 6) is 0.144. The molecule has 2 aromatic rings. The van der Waals surface area contributed by atoms with Crippen LogP contribution in [-0.2, 0) is 4.79 Å². The molecule has 92 valence electrons. The van der Waals surface area contributed by atoms with E-state index in [4.69, 9.17) is 0 Å². The summed E-state index contributed by atoms with van der Waals surface area (Å²) in [5.41, 5.74) is 1.14. The third-order valence-corrected chi connectivity index (χ3v) is 4.54. The van der Waals surface area contributed by atoms with Gasteiger partial charge in [-0.3, -0.25) is 9.69 Å². The lowest BCUT2D eigenvalue weighted by molar-refractivity contribution is -0.117. The number of carbonyl (C=O) groups excluding carboxylic acids is 1. The quantitative estimate of drug-likeness (QED) is 0.795. The van der Waals surface area contributed by atoms with Crippen LogP contribution in [0.3, 0.4) is 0 Å². The molecule has 3 nitrogen and oxygen atoms in total. The number of thiazole rings is 1. The van der Waals surface area contributed by atoms with Crippen LogP contribution in [0.25, 0.3) is 10.4 Å². The molecule has 5 heteroatoms. The van der Waals surface area contributed by atoms with Crippen molar-refractivity contribution in [3.63, 3.8) is 0 Å². The van der Waals surface area contributed by atoms with E-state index < -0.39 is 0 Å². The summed E-state index contributed by atoms with van der Waals surface area (Å²) in [6.07, 6.45) is 2.39. The van der Waals surface area contributed by atoms with Gasteiger partial charge in [-0.2, -0.15) is 0 Å². The highest BCUT2D eigenvalue weighted by Gasteiger charge is 2.30. The van der Waals surface area contributed by atoms with Crippen LogP contribution in [-0.4, -0.2) is 22.3 Å². The molecule has 1 aliphatic rings. The maximum absolute atomic E-state index is 11.8. The van der Waals surface area contributed by atoms with Crippen LogP contribution in [0.15, 0.2) is 36.5 Å².